The Hall–Kier alpha value is -1.47. The molecule has 0 aliphatic carbocycles. The van der Waals surface area contributed by atoms with Crippen molar-refractivity contribution >= 4 is 27.9 Å². The second-order valence-corrected chi connectivity index (χ2v) is 5.78. The van der Waals surface area contributed by atoms with Crippen LogP contribution in [0.3, 0.4) is 0 Å². The number of hydrogen-bond acceptors (Lipinski definition) is 6. The zero-order chi connectivity index (χ0) is 15.3. The first-order chi connectivity index (χ1) is 9.42. The van der Waals surface area contributed by atoms with Crippen LogP contribution < -0.4 is 21.1 Å². The fraction of sp³-hybridized carbons (Fsp3) is 0.615. The second-order valence-electron chi connectivity index (χ2n) is 4.76. The van der Waals surface area contributed by atoms with Gasteiger partial charge < -0.3 is 26.0 Å². The third-order valence-corrected chi connectivity index (χ3v) is 4.23. The van der Waals surface area contributed by atoms with Crippen molar-refractivity contribution in [2.24, 2.45) is 0 Å². The van der Waals surface area contributed by atoms with E-state index in [0.29, 0.717) is 28.9 Å². The number of carbonyl (C=O) groups excluding carboxylic acids is 1. The fourth-order valence-corrected chi connectivity index (χ4v) is 2.59. The van der Waals surface area contributed by atoms with Crippen LogP contribution in [0.1, 0.15) is 23.5 Å². The smallest absolute Gasteiger partial charge is 0.263 e. The number of amides is 1. The van der Waals surface area contributed by atoms with Crippen molar-refractivity contribution in [2.45, 2.75) is 19.9 Å². The number of hydrogen-bond donors (Lipinski definition) is 3. The lowest BCUT2D eigenvalue weighted by atomic mass is 10.3. The highest BCUT2D eigenvalue weighted by Crippen LogP contribution is 2.42. The Morgan fingerprint density at radius 1 is 1.50 bits per heavy atom. The number of rotatable bonds is 7. The topological polar surface area (TPSA) is 79.6 Å². The summed E-state index contributed by atoms with van der Waals surface area (Å²) in [6.07, 6.45) is 0. The number of ether oxygens (including phenoxy) is 1. The fourth-order valence-electron chi connectivity index (χ4n) is 1.58. The van der Waals surface area contributed by atoms with Crippen molar-refractivity contribution in [3.05, 3.63) is 4.88 Å². The van der Waals surface area contributed by atoms with Gasteiger partial charge in [0.2, 0.25) is 0 Å². The first-order valence-corrected chi connectivity index (χ1v) is 7.38. The van der Waals surface area contributed by atoms with E-state index >= 15 is 0 Å². The largest absolute Gasteiger partial charge is 0.492 e. The van der Waals surface area contributed by atoms with Gasteiger partial charge in [0, 0.05) is 19.1 Å². The van der Waals surface area contributed by atoms with Crippen LogP contribution in [0.25, 0.3) is 0 Å². The quantitative estimate of drug-likeness (QED) is 0.710. The molecule has 0 radical (unpaired) electrons. The summed E-state index contributed by atoms with van der Waals surface area (Å²) in [4.78, 5) is 14.5. The molecule has 1 rings (SSSR count). The van der Waals surface area contributed by atoms with E-state index in [1.807, 2.05) is 21.0 Å². The summed E-state index contributed by atoms with van der Waals surface area (Å²) in [5.41, 5.74) is 6.38. The van der Waals surface area contributed by atoms with Crippen LogP contribution in [0, 0.1) is 0 Å². The Labute approximate surface area is 124 Å². The minimum Gasteiger partial charge on any atom is -0.492 e. The number of anilines is 2. The minimum absolute atomic E-state index is 0.165. The summed E-state index contributed by atoms with van der Waals surface area (Å²) in [5, 5.41) is 6.84. The maximum atomic E-state index is 11.9. The molecule has 1 atom stereocenters. The van der Waals surface area contributed by atoms with Gasteiger partial charge >= 0.3 is 0 Å². The van der Waals surface area contributed by atoms with Gasteiger partial charge in [0.1, 0.15) is 15.6 Å². The first-order valence-electron chi connectivity index (χ1n) is 6.57. The maximum absolute atomic E-state index is 11.9. The van der Waals surface area contributed by atoms with Crippen LogP contribution in [0.15, 0.2) is 0 Å². The molecule has 1 unspecified atom stereocenters. The van der Waals surface area contributed by atoms with Gasteiger partial charge in [-0.25, -0.2) is 0 Å². The van der Waals surface area contributed by atoms with Crippen LogP contribution in [0.2, 0.25) is 0 Å². The molecule has 0 aromatic carbocycles. The van der Waals surface area contributed by atoms with Gasteiger partial charge in [-0.3, -0.25) is 4.79 Å². The Morgan fingerprint density at radius 3 is 2.65 bits per heavy atom. The molecular formula is C13H24N4O2S. The zero-order valence-corrected chi connectivity index (χ0v) is 13.6. The van der Waals surface area contributed by atoms with Crippen molar-refractivity contribution in [3.63, 3.8) is 0 Å². The zero-order valence-electron chi connectivity index (χ0n) is 12.7. The second kappa shape index (κ2) is 7.35. The molecule has 1 aromatic heterocycles. The van der Waals surface area contributed by atoms with Crippen molar-refractivity contribution < 1.29 is 9.53 Å². The van der Waals surface area contributed by atoms with Crippen LogP contribution in [0.5, 0.6) is 5.75 Å². The summed E-state index contributed by atoms with van der Waals surface area (Å²) in [6.45, 7) is 5.30. The maximum Gasteiger partial charge on any atom is 0.263 e. The van der Waals surface area contributed by atoms with Crippen LogP contribution >= 0.6 is 11.3 Å². The number of nitrogen functional groups attached to an aromatic ring is 1. The molecule has 0 saturated heterocycles. The molecule has 20 heavy (non-hydrogen) atoms. The van der Waals surface area contributed by atoms with Gasteiger partial charge in [-0.1, -0.05) is 0 Å². The predicted octanol–water partition coefficient (Wildman–Crippen LogP) is 1.45. The van der Waals surface area contributed by atoms with E-state index in [1.165, 1.54) is 11.3 Å². The molecule has 1 heterocycles. The van der Waals surface area contributed by atoms with E-state index in [9.17, 15) is 4.79 Å². The van der Waals surface area contributed by atoms with E-state index in [0.717, 1.165) is 11.5 Å². The average Bonchev–Trinajstić information content (AvgIpc) is 2.72. The average molecular weight is 300 g/mol. The summed E-state index contributed by atoms with van der Waals surface area (Å²) in [5.74, 6) is 0.379. The summed E-state index contributed by atoms with van der Waals surface area (Å²) >= 11 is 1.32. The Morgan fingerprint density at radius 2 is 2.15 bits per heavy atom. The van der Waals surface area contributed by atoms with E-state index in [2.05, 4.69) is 22.5 Å². The van der Waals surface area contributed by atoms with E-state index in [-0.39, 0.29) is 5.91 Å². The number of nitrogens with zero attached hydrogens (tertiary/aromatic N) is 1. The van der Waals surface area contributed by atoms with Crippen LogP contribution in [-0.2, 0) is 0 Å². The number of nitrogens with two attached hydrogens (primary N) is 1. The first kappa shape index (κ1) is 16.6. The summed E-state index contributed by atoms with van der Waals surface area (Å²) in [6, 6.07) is 0.357. The van der Waals surface area contributed by atoms with Crippen LogP contribution in [0.4, 0.5) is 10.7 Å². The summed E-state index contributed by atoms with van der Waals surface area (Å²) < 4.78 is 5.31. The number of likely N-dealkylation sites (N-methyl/N-ethyl adjacent to an activating group) is 1. The Bertz CT molecular complexity index is 459. The molecule has 4 N–H and O–H groups in total. The highest BCUT2D eigenvalue weighted by molar-refractivity contribution is 7.19. The third-order valence-electron chi connectivity index (χ3n) is 3.09. The molecule has 7 heteroatoms. The lowest BCUT2D eigenvalue weighted by Crippen LogP contribution is -2.31. The normalized spacial score (nSPS) is 12.3. The van der Waals surface area contributed by atoms with Gasteiger partial charge in [-0.2, -0.15) is 0 Å². The van der Waals surface area contributed by atoms with E-state index in [4.69, 9.17) is 10.5 Å². The van der Waals surface area contributed by atoms with Gasteiger partial charge in [-0.05, 0) is 27.9 Å². The van der Waals surface area contributed by atoms with Gasteiger partial charge in [0.25, 0.3) is 5.91 Å². The Kier molecular flexibility index (Phi) is 6.09. The lowest BCUT2D eigenvalue weighted by Gasteiger charge is -2.20. The molecular weight excluding hydrogens is 276 g/mol. The third kappa shape index (κ3) is 3.77. The lowest BCUT2D eigenvalue weighted by molar-refractivity contribution is 0.0960. The van der Waals surface area contributed by atoms with Crippen molar-refractivity contribution in [1.82, 2.24) is 10.2 Å². The molecule has 114 valence electrons. The standard InChI is InChI=1S/C13H24N4O2S/c1-6-15-12(18)11-9(14)10(19-5)13(20-11)16-7-8(2)17(3)4/h8,16H,6-7,14H2,1-5H3,(H,15,18). The van der Waals surface area contributed by atoms with Gasteiger partial charge in [-0.15, -0.1) is 11.3 Å². The molecule has 0 aliphatic heterocycles. The van der Waals surface area contributed by atoms with Crippen molar-refractivity contribution in [2.75, 3.05) is 45.3 Å². The number of thiophene rings is 1. The SMILES string of the molecule is CCNC(=O)c1sc(NCC(C)N(C)C)c(OC)c1N. The minimum atomic E-state index is -0.165. The summed E-state index contributed by atoms with van der Waals surface area (Å²) in [7, 11) is 5.60. The highest BCUT2D eigenvalue weighted by atomic mass is 32.1. The molecule has 0 aliphatic rings. The Balaban J connectivity index is 2.91. The van der Waals surface area contributed by atoms with Crippen LogP contribution in [-0.4, -0.2) is 51.1 Å². The van der Waals surface area contributed by atoms with E-state index < -0.39 is 0 Å². The number of methoxy groups -OCH3 is 1. The molecule has 0 saturated carbocycles. The van der Waals surface area contributed by atoms with Crippen molar-refractivity contribution in [1.29, 1.82) is 0 Å². The highest BCUT2D eigenvalue weighted by Gasteiger charge is 2.21. The number of carbonyl (C=O) groups is 1. The monoisotopic (exact) mass is 300 g/mol. The predicted molar refractivity (Wildman–Crippen MR) is 84.9 cm³/mol. The molecule has 1 aromatic rings. The molecule has 0 bridgehead atoms. The number of nitrogens with one attached hydrogen (secondary N) is 2. The molecule has 0 fully saturated rings. The molecule has 1 amide bonds. The van der Waals surface area contributed by atoms with Crippen molar-refractivity contribution in [3.8, 4) is 5.75 Å². The molecule has 0 spiro atoms. The molecule has 6 nitrogen and oxygen atoms in total. The van der Waals surface area contributed by atoms with Gasteiger partial charge in [0.05, 0.1) is 7.11 Å². The van der Waals surface area contributed by atoms with Gasteiger partial charge in [0.15, 0.2) is 5.75 Å². The van der Waals surface area contributed by atoms with E-state index in [1.54, 1.807) is 7.11 Å².